The van der Waals surface area contributed by atoms with E-state index in [1.54, 1.807) is 0 Å². The first kappa shape index (κ1) is 50.0. The maximum Gasteiger partial charge on any atom is 2.00 e. The van der Waals surface area contributed by atoms with Crippen LogP contribution in [-0.4, -0.2) is 26.2 Å². The Morgan fingerprint density at radius 2 is 0.588 bits per heavy atom. The van der Waals surface area contributed by atoms with Gasteiger partial charge in [0.2, 0.25) is 0 Å². The van der Waals surface area contributed by atoms with Gasteiger partial charge in [0, 0.05) is 11.5 Å². The molecule has 0 saturated heterocycles. The minimum absolute atomic E-state index is 0. The van der Waals surface area contributed by atoms with Crippen LogP contribution in [0.2, 0.25) is 10.1 Å². The van der Waals surface area contributed by atoms with Crippen molar-refractivity contribution in [1.29, 1.82) is 0 Å². The molecule has 68 heavy (non-hydrogen) atoms. The van der Waals surface area contributed by atoms with Crippen molar-refractivity contribution >= 4 is 78.8 Å². The largest absolute Gasteiger partial charge is 2.00 e. The van der Waals surface area contributed by atoms with Gasteiger partial charge in [0.25, 0.3) is 0 Å². The molecule has 0 heterocycles. The summed E-state index contributed by atoms with van der Waals surface area (Å²) in [5, 5.41) is 13.0. The molecular formula is C62H61O2Si3Zr. The van der Waals surface area contributed by atoms with E-state index >= 15 is 0 Å². The van der Waals surface area contributed by atoms with E-state index in [4.69, 9.17) is 8.85 Å². The summed E-state index contributed by atoms with van der Waals surface area (Å²) in [6.07, 6.45) is 0. The van der Waals surface area contributed by atoms with Crippen LogP contribution in [0.4, 0.5) is 0 Å². The van der Waals surface area contributed by atoms with E-state index in [0.717, 1.165) is 11.5 Å². The Morgan fingerprint density at radius 1 is 0.338 bits per heavy atom. The monoisotopic (exact) mass is 1010 g/mol. The summed E-state index contributed by atoms with van der Waals surface area (Å²) < 4.78 is 14.1. The Balaban J connectivity index is 0.000000159. The van der Waals surface area contributed by atoms with Crippen LogP contribution in [0.5, 0.6) is 11.5 Å². The van der Waals surface area contributed by atoms with Crippen LogP contribution in [0, 0.1) is 0 Å². The van der Waals surface area contributed by atoms with E-state index in [0.29, 0.717) is 0 Å². The van der Waals surface area contributed by atoms with E-state index in [-0.39, 0.29) is 45.8 Å². The standard InChI is InChI=1S/2C25H25OSi.C12H11Si.Zr/c2*1-25(2,3)27(23-14-6-4-7-15-23,24-16-8-5-9-17-24)26-22-18-20-12-10-11-13-21(20)19-22;1-3-7-11(8-4-1)13-12-9-5-2-6-10-12;/h2*4-19H,1-3H3;1-10,13H;/q2*-1;;+2. The third-order valence-corrected chi connectivity index (χ3v) is 23.8. The second kappa shape index (κ2) is 22.5. The zero-order chi connectivity index (χ0) is 46.7. The van der Waals surface area contributed by atoms with Gasteiger partial charge >= 0.3 is 42.8 Å². The van der Waals surface area contributed by atoms with Crippen molar-refractivity contribution in [2.24, 2.45) is 0 Å². The third-order valence-electron chi connectivity index (χ3n) is 12.5. The molecule has 2 nitrogen and oxygen atoms in total. The van der Waals surface area contributed by atoms with E-state index in [9.17, 15) is 0 Å². The van der Waals surface area contributed by atoms with Gasteiger partial charge in [0.1, 0.15) is 9.52 Å². The Bertz CT molecular complexity index is 2690. The van der Waals surface area contributed by atoms with Crippen LogP contribution in [0.3, 0.4) is 0 Å². The smallest absolute Gasteiger partial charge is 0.550 e. The molecule has 0 unspecified atom stereocenters. The predicted molar refractivity (Wildman–Crippen MR) is 295 cm³/mol. The summed E-state index contributed by atoms with van der Waals surface area (Å²) in [4.78, 5) is 0. The molecule has 0 atom stereocenters. The molecule has 10 rings (SSSR count). The van der Waals surface area contributed by atoms with Crippen molar-refractivity contribution in [3.8, 4) is 11.5 Å². The van der Waals surface area contributed by atoms with E-state index in [1.165, 1.54) is 52.7 Å². The van der Waals surface area contributed by atoms with Crippen LogP contribution in [0.1, 0.15) is 41.5 Å². The molecule has 0 aromatic heterocycles. The van der Waals surface area contributed by atoms with Crippen LogP contribution < -0.4 is 40.0 Å². The molecule has 0 fully saturated rings. The van der Waals surface area contributed by atoms with Gasteiger partial charge in [-0.1, -0.05) is 246 Å². The third kappa shape index (κ3) is 11.3. The van der Waals surface area contributed by atoms with Gasteiger partial charge in [-0.3, -0.25) is 0 Å². The van der Waals surface area contributed by atoms with Crippen LogP contribution in [0.15, 0.2) is 255 Å². The first-order valence-corrected chi connectivity index (χ1v) is 28.3. The van der Waals surface area contributed by atoms with E-state index in [1.807, 2.05) is 0 Å². The van der Waals surface area contributed by atoms with Gasteiger partial charge in [-0.15, -0.1) is 82.2 Å². The van der Waals surface area contributed by atoms with Crippen molar-refractivity contribution < 1.29 is 35.1 Å². The van der Waals surface area contributed by atoms with Gasteiger partial charge in [-0.05, 0) is 30.8 Å². The van der Waals surface area contributed by atoms with Gasteiger partial charge in [-0.25, -0.2) is 0 Å². The number of hydrogen-bond donors (Lipinski definition) is 0. The molecule has 0 spiro atoms. The molecule has 1 radical (unpaired) electrons. The fourth-order valence-electron chi connectivity index (χ4n) is 9.31. The minimum Gasteiger partial charge on any atom is -0.550 e. The molecule has 337 valence electrons. The number of fused-ring (bicyclic) bond motifs is 2. The minimum atomic E-state index is -2.55. The summed E-state index contributed by atoms with van der Waals surface area (Å²) in [6, 6.07) is 90.0. The molecule has 6 heteroatoms. The average Bonchev–Trinajstić information content (AvgIpc) is 3.97. The van der Waals surface area contributed by atoms with Crippen LogP contribution in [-0.2, 0) is 26.2 Å². The molecule has 0 aliphatic carbocycles. The van der Waals surface area contributed by atoms with Gasteiger partial charge in [-0.2, -0.15) is 0 Å². The Kier molecular flexibility index (Phi) is 16.5. The molecule has 10 aromatic carbocycles. The molecular weight excluding hydrogens is 952 g/mol. The SMILES string of the molecule is CC(C)(C)[Si](Oc1cc2ccccc2[cH-]1)(c1ccccc1)c1ccccc1.CC(C)(C)[Si](Oc1cc2ccccc2[cH-]1)(c1ccccc1)c1ccccc1.[Zr+2].c1ccc([SiH]c2ccccc2)cc1. The maximum atomic E-state index is 7.06. The average molecular weight is 1010 g/mol. The molecule has 0 aliphatic rings. The van der Waals surface area contributed by atoms with Crippen molar-refractivity contribution in [1.82, 2.24) is 0 Å². The number of rotatable bonds is 10. The summed E-state index contributed by atoms with van der Waals surface area (Å²) in [5.41, 5.74) is 0. The van der Waals surface area contributed by atoms with Crippen LogP contribution >= 0.6 is 0 Å². The predicted octanol–water partition coefficient (Wildman–Crippen LogP) is 12.1. The van der Waals surface area contributed by atoms with Crippen molar-refractivity contribution in [2.45, 2.75) is 51.6 Å². The normalized spacial score (nSPS) is 11.6. The first-order chi connectivity index (χ1) is 32.5. The van der Waals surface area contributed by atoms with Crippen molar-refractivity contribution in [3.05, 3.63) is 255 Å². The van der Waals surface area contributed by atoms with Crippen molar-refractivity contribution in [2.75, 3.05) is 0 Å². The first-order valence-electron chi connectivity index (χ1n) is 23.3. The van der Waals surface area contributed by atoms with E-state index in [2.05, 4.69) is 296 Å². The molecule has 0 amide bonds. The quantitative estimate of drug-likeness (QED) is 0.100. The molecule has 0 bridgehead atoms. The maximum absolute atomic E-state index is 7.06. The van der Waals surface area contributed by atoms with Gasteiger partial charge in [0.05, 0.1) is 0 Å². The summed E-state index contributed by atoms with van der Waals surface area (Å²) in [7, 11) is -4.83. The molecule has 0 aliphatic heterocycles. The molecule has 10 aromatic rings. The summed E-state index contributed by atoms with van der Waals surface area (Å²) >= 11 is 0. The Hall–Kier alpha value is -5.89. The van der Waals surface area contributed by atoms with Crippen LogP contribution in [0.25, 0.3) is 21.5 Å². The second-order valence-corrected chi connectivity index (χ2v) is 29.2. The fourth-order valence-corrected chi connectivity index (χ4v) is 19.3. The van der Waals surface area contributed by atoms with E-state index < -0.39 is 16.6 Å². The topological polar surface area (TPSA) is 18.5 Å². The molecule has 0 saturated carbocycles. The Morgan fingerprint density at radius 3 is 0.853 bits per heavy atom. The van der Waals surface area contributed by atoms with Gasteiger partial charge in [0.15, 0.2) is 0 Å². The number of hydrogen-bond acceptors (Lipinski definition) is 2. The molecule has 0 N–H and O–H groups in total. The van der Waals surface area contributed by atoms with Crippen molar-refractivity contribution in [3.63, 3.8) is 0 Å². The zero-order valence-corrected chi connectivity index (χ0v) is 45.8. The zero-order valence-electron chi connectivity index (χ0n) is 40.1. The summed E-state index contributed by atoms with van der Waals surface area (Å²) in [5.74, 6) is 1.93. The fraction of sp³-hybridized carbons (Fsp3) is 0.129. The Labute approximate surface area is 428 Å². The number of benzene rings is 8. The second-order valence-electron chi connectivity index (χ2n) is 19.1. The van der Waals surface area contributed by atoms with Gasteiger partial charge < -0.3 is 8.85 Å². The summed E-state index contributed by atoms with van der Waals surface area (Å²) in [6.45, 7) is 13.8.